The second-order valence-corrected chi connectivity index (χ2v) is 6.31. The Hall–Kier alpha value is -1.01. The topological polar surface area (TPSA) is 53.6 Å². The molecule has 1 unspecified atom stereocenters. The van der Waals surface area contributed by atoms with Crippen LogP contribution in [0.25, 0.3) is 0 Å². The van der Waals surface area contributed by atoms with Crippen LogP contribution in [0.5, 0.6) is 5.75 Å². The van der Waals surface area contributed by atoms with E-state index in [-0.39, 0.29) is 18.3 Å². The van der Waals surface area contributed by atoms with Crippen molar-refractivity contribution in [2.75, 3.05) is 39.3 Å². The van der Waals surface area contributed by atoms with Gasteiger partial charge in [-0.25, -0.2) is 0 Å². The zero-order valence-corrected chi connectivity index (χ0v) is 15.9. The molecule has 1 aromatic carbocycles. The van der Waals surface area contributed by atoms with Gasteiger partial charge in [0.25, 0.3) is 5.91 Å². The number of piperazine rings is 1. The van der Waals surface area contributed by atoms with Gasteiger partial charge in [-0.3, -0.25) is 4.79 Å². The number of rotatable bonds is 7. The van der Waals surface area contributed by atoms with Crippen molar-refractivity contribution in [2.24, 2.45) is 0 Å². The minimum Gasteiger partial charge on any atom is -0.481 e. The summed E-state index contributed by atoms with van der Waals surface area (Å²) in [6, 6.07) is 5.41. The van der Waals surface area contributed by atoms with Gasteiger partial charge in [0, 0.05) is 37.7 Å². The Kier molecular flexibility index (Phi) is 9.44. The van der Waals surface area contributed by atoms with Gasteiger partial charge in [-0.1, -0.05) is 11.6 Å². The van der Waals surface area contributed by atoms with Crippen molar-refractivity contribution < 1.29 is 9.53 Å². The highest BCUT2D eigenvalue weighted by Gasteiger charge is 2.15. The van der Waals surface area contributed by atoms with Gasteiger partial charge in [-0.05, 0) is 50.6 Å². The standard InChI is InChI=1S/C17H26ClN3O2.ClH/c1-13-12-15(4-5-16(13)18)23-14(2)17(22)20-6-3-9-21-10-7-19-8-11-21;/h4-5,12,14,19H,3,6-11H2,1-2H3,(H,20,22);1H. The highest BCUT2D eigenvalue weighted by molar-refractivity contribution is 6.31. The number of amides is 1. The number of nitrogens with zero attached hydrogens (tertiary/aromatic N) is 1. The Balaban J connectivity index is 0.00000288. The number of ether oxygens (including phenoxy) is 1. The first-order valence-electron chi connectivity index (χ1n) is 8.20. The summed E-state index contributed by atoms with van der Waals surface area (Å²) in [6.45, 7) is 9.65. The fraction of sp³-hybridized carbons (Fsp3) is 0.588. The Bertz CT molecular complexity index is 523. The van der Waals surface area contributed by atoms with Crippen LogP contribution in [-0.4, -0.2) is 56.2 Å². The van der Waals surface area contributed by atoms with Gasteiger partial charge in [-0.2, -0.15) is 0 Å². The normalized spacial score (nSPS) is 16.1. The molecule has 24 heavy (non-hydrogen) atoms. The molecule has 0 saturated carbocycles. The van der Waals surface area contributed by atoms with Crippen LogP contribution in [0, 0.1) is 6.92 Å². The molecule has 1 aromatic rings. The van der Waals surface area contributed by atoms with Crippen molar-refractivity contribution in [1.82, 2.24) is 15.5 Å². The first kappa shape index (κ1) is 21.0. The summed E-state index contributed by atoms with van der Waals surface area (Å²) >= 11 is 5.99. The smallest absolute Gasteiger partial charge is 0.260 e. The molecule has 0 bridgehead atoms. The van der Waals surface area contributed by atoms with Crippen molar-refractivity contribution in [2.45, 2.75) is 26.4 Å². The lowest BCUT2D eigenvalue weighted by Gasteiger charge is -2.27. The van der Waals surface area contributed by atoms with Gasteiger partial charge >= 0.3 is 0 Å². The van der Waals surface area contributed by atoms with Crippen molar-refractivity contribution in [3.63, 3.8) is 0 Å². The molecule has 7 heteroatoms. The summed E-state index contributed by atoms with van der Waals surface area (Å²) < 4.78 is 5.67. The van der Waals surface area contributed by atoms with Crippen LogP contribution in [0.4, 0.5) is 0 Å². The van der Waals surface area contributed by atoms with Gasteiger partial charge in [-0.15, -0.1) is 12.4 Å². The number of aryl methyl sites for hydroxylation is 1. The highest BCUT2D eigenvalue weighted by Crippen LogP contribution is 2.21. The molecule has 0 aliphatic carbocycles. The van der Waals surface area contributed by atoms with Gasteiger partial charge in [0.05, 0.1) is 0 Å². The molecule has 2 rings (SSSR count). The van der Waals surface area contributed by atoms with E-state index in [0.29, 0.717) is 17.3 Å². The zero-order chi connectivity index (χ0) is 16.7. The summed E-state index contributed by atoms with van der Waals surface area (Å²) in [5.74, 6) is 0.577. The summed E-state index contributed by atoms with van der Waals surface area (Å²) in [4.78, 5) is 14.5. The van der Waals surface area contributed by atoms with Crippen LogP contribution >= 0.6 is 24.0 Å². The average Bonchev–Trinajstić information content (AvgIpc) is 2.55. The predicted molar refractivity (Wildman–Crippen MR) is 100 cm³/mol. The quantitative estimate of drug-likeness (QED) is 0.717. The predicted octanol–water partition coefficient (Wildman–Crippen LogP) is 2.25. The fourth-order valence-electron chi connectivity index (χ4n) is 2.54. The van der Waals surface area contributed by atoms with Gasteiger partial charge in [0.1, 0.15) is 5.75 Å². The van der Waals surface area contributed by atoms with Crippen LogP contribution in [0.2, 0.25) is 5.02 Å². The van der Waals surface area contributed by atoms with E-state index in [1.807, 2.05) is 13.0 Å². The lowest BCUT2D eigenvalue weighted by molar-refractivity contribution is -0.127. The molecular formula is C17H27Cl2N3O2. The number of carbonyl (C=O) groups excluding carboxylic acids is 1. The summed E-state index contributed by atoms with van der Waals surface area (Å²) in [5, 5.41) is 6.97. The van der Waals surface area contributed by atoms with E-state index in [4.69, 9.17) is 16.3 Å². The molecule has 1 fully saturated rings. The first-order chi connectivity index (χ1) is 11.1. The number of nitrogens with one attached hydrogen (secondary N) is 2. The third-order valence-corrected chi connectivity index (χ3v) is 4.40. The lowest BCUT2D eigenvalue weighted by atomic mass is 10.2. The van der Waals surface area contributed by atoms with E-state index in [1.165, 1.54) is 0 Å². The molecule has 136 valence electrons. The molecule has 0 radical (unpaired) electrons. The molecule has 1 atom stereocenters. The summed E-state index contributed by atoms with van der Waals surface area (Å²) in [6.07, 6.45) is 0.438. The Labute approximate surface area is 155 Å². The van der Waals surface area contributed by atoms with Crippen LogP contribution in [0.3, 0.4) is 0 Å². The minimum absolute atomic E-state index is 0. The van der Waals surface area contributed by atoms with Crippen LogP contribution in [-0.2, 0) is 4.79 Å². The third kappa shape index (κ3) is 6.85. The highest BCUT2D eigenvalue weighted by atomic mass is 35.5. The van der Waals surface area contributed by atoms with Crippen LogP contribution in [0.15, 0.2) is 18.2 Å². The maximum absolute atomic E-state index is 12.1. The first-order valence-corrected chi connectivity index (χ1v) is 8.57. The second kappa shape index (κ2) is 10.8. The summed E-state index contributed by atoms with van der Waals surface area (Å²) in [5.41, 5.74) is 0.938. The molecule has 5 nitrogen and oxygen atoms in total. The number of benzene rings is 1. The summed E-state index contributed by atoms with van der Waals surface area (Å²) in [7, 11) is 0. The van der Waals surface area contributed by atoms with Crippen molar-refractivity contribution in [3.05, 3.63) is 28.8 Å². The SMILES string of the molecule is Cc1cc(OC(C)C(=O)NCCCN2CCNCC2)ccc1Cl.Cl. The Morgan fingerprint density at radius 3 is 2.79 bits per heavy atom. The minimum atomic E-state index is -0.519. The lowest BCUT2D eigenvalue weighted by Crippen LogP contribution is -2.44. The zero-order valence-electron chi connectivity index (χ0n) is 14.3. The number of hydrogen-bond acceptors (Lipinski definition) is 4. The number of hydrogen-bond donors (Lipinski definition) is 2. The maximum atomic E-state index is 12.1. The maximum Gasteiger partial charge on any atom is 0.260 e. The molecule has 2 N–H and O–H groups in total. The molecule has 0 spiro atoms. The van der Waals surface area contributed by atoms with Crippen LogP contribution < -0.4 is 15.4 Å². The van der Waals surface area contributed by atoms with E-state index in [1.54, 1.807) is 19.1 Å². The van der Waals surface area contributed by atoms with Gasteiger partial charge in [0.2, 0.25) is 0 Å². The van der Waals surface area contributed by atoms with E-state index < -0.39 is 6.10 Å². The Morgan fingerprint density at radius 2 is 2.12 bits per heavy atom. The van der Waals surface area contributed by atoms with E-state index in [9.17, 15) is 4.79 Å². The molecule has 1 amide bonds. The molecular weight excluding hydrogens is 349 g/mol. The fourth-order valence-corrected chi connectivity index (χ4v) is 2.66. The third-order valence-electron chi connectivity index (χ3n) is 3.97. The van der Waals surface area contributed by atoms with E-state index >= 15 is 0 Å². The molecule has 1 heterocycles. The monoisotopic (exact) mass is 375 g/mol. The van der Waals surface area contributed by atoms with Crippen molar-refractivity contribution in [1.29, 1.82) is 0 Å². The van der Waals surface area contributed by atoms with Crippen LogP contribution in [0.1, 0.15) is 18.9 Å². The van der Waals surface area contributed by atoms with Crippen molar-refractivity contribution >= 4 is 29.9 Å². The number of halogens is 2. The molecule has 1 aliphatic heterocycles. The largest absolute Gasteiger partial charge is 0.481 e. The van der Waals surface area contributed by atoms with Gasteiger partial charge in [0.15, 0.2) is 6.10 Å². The Morgan fingerprint density at radius 1 is 1.42 bits per heavy atom. The average molecular weight is 376 g/mol. The molecule has 1 saturated heterocycles. The second-order valence-electron chi connectivity index (χ2n) is 5.91. The molecule has 0 aromatic heterocycles. The van der Waals surface area contributed by atoms with E-state index in [2.05, 4.69) is 15.5 Å². The van der Waals surface area contributed by atoms with E-state index in [0.717, 1.165) is 44.7 Å². The number of carbonyl (C=O) groups is 1. The van der Waals surface area contributed by atoms with Crippen molar-refractivity contribution in [3.8, 4) is 5.75 Å². The molecule has 1 aliphatic rings. The van der Waals surface area contributed by atoms with Gasteiger partial charge < -0.3 is 20.3 Å².